The Morgan fingerprint density at radius 3 is 2.28 bits per heavy atom. The molecule has 0 unspecified atom stereocenters. The zero-order valence-electron chi connectivity index (χ0n) is 9.48. The van der Waals surface area contributed by atoms with Gasteiger partial charge in [-0.25, -0.2) is 4.68 Å². The zero-order chi connectivity index (χ0) is 13.3. The molecule has 0 bridgehead atoms. The first-order chi connectivity index (χ1) is 8.45. The molecule has 2 aromatic rings. The molecule has 0 amide bonds. The molecule has 0 spiro atoms. The summed E-state index contributed by atoms with van der Waals surface area (Å²) in [7, 11) is 0. The lowest BCUT2D eigenvalue weighted by Crippen LogP contribution is -2.14. The van der Waals surface area contributed by atoms with Crippen molar-refractivity contribution in [3.8, 4) is 5.69 Å². The minimum Gasteiger partial charge on any atom is -0.296 e. The van der Waals surface area contributed by atoms with Crippen LogP contribution in [0.2, 0.25) is 0 Å². The van der Waals surface area contributed by atoms with Gasteiger partial charge in [0.05, 0.1) is 5.69 Å². The third-order valence-corrected chi connectivity index (χ3v) is 2.83. The van der Waals surface area contributed by atoms with E-state index in [4.69, 9.17) is 12.2 Å². The fraction of sp³-hybridized carbons (Fsp3) is 0.273. The summed E-state index contributed by atoms with van der Waals surface area (Å²) in [6, 6.07) is 8.52. The maximum absolute atomic E-state index is 12.8. The van der Waals surface area contributed by atoms with E-state index < -0.39 is 12.0 Å². The molecule has 0 radical (unpaired) electrons. The molecule has 2 rings (SSSR count). The van der Waals surface area contributed by atoms with Gasteiger partial charge >= 0.3 is 6.18 Å². The van der Waals surface area contributed by atoms with Crippen LogP contribution in [0.25, 0.3) is 5.69 Å². The summed E-state index contributed by atoms with van der Waals surface area (Å²) in [6.45, 7) is 1.72. The summed E-state index contributed by atoms with van der Waals surface area (Å²) >= 11 is 5.03. The van der Waals surface area contributed by atoms with Crippen molar-refractivity contribution in [2.24, 2.45) is 0 Å². The summed E-state index contributed by atoms with van der Waals surface area (Å²) in [5.41, 5.74) is 0.514. The Balaban J connectivity index is 2.66. The summed E-state index contributed by atoms with van der Waals surface area (Å²) in [5, 5.41) is 3.57. The van der Waals surface area contributed by atoms with Gasteiger partial charge in [0.25, 0.3) is 0 Å². The Hall–Kier alpha value is -1.63. The van der Waals surface area contributed by atoms with Gasteiger partial charge in [-0.2, -0.15) is 13.2 Å². The molecule has 0 saturated heterocycles. The summed E-state index contributed by atoms with van der Waals surface area (Å²) in [6.07, 6.45) is -4.51. The van der Waals surface area contributed by atoms with Crippen molar-refractivity contribution in [1.82, 2.24) is 14.3 Å². The second-order valence-corrected chi connectivity index (χ2v) is 3.96. The summed E-state index contributed by atoms with van der Waals surface area (Å²) in [5.74, 6) is -0.973. The van der Waals surface area contributed by atoms with Crippen molar-refractivity contribution < 1.29 is 13.2 Å². The van der Waals surface area contributed by atoms with Crippen LogP contribution in [-0.4, -0.2) is 14.3 Å². The van der Waals surface area contributed by atoms with Crippen LogP contribution in [0.15, 0.2) is 30.3 Å². The highest BCUT2D eigenvalue weighted by atomic mass is 32.1. The predicted octanol–water partition coefficient (Wildman–Crippen LogP) is 3.44. The van der Waals surface area contributed by atoms with E-state index in [-0.39, 0.29) is 11.3 Å². The summed E-state index contributed by atoms with van der Waals surface area (Å²) in [4.78, 5) is 0. The lowest BCUT2D eigenvalue weighted by atomic mass is 10.3. The zero-order valence-corrected chi connectivity index (χ0v) is 10.3. The number of para-hydroxylation sites is 1. The molecule has 7 heteroatoms. The lowest BCUT2D eigenvalue weighted by molar-refractivity contribution is -0.147. The first-order valence-corrected chi connectivity index (χ1v) is 5.68. The van der Waals surface area contributed by atoms with Gasteiger partial charge in [-0.05, 0) is 31.3 Å². The number of halogens is 3. The topological polar surface area (TPSA) is 22.8 Å². The van der Waals surface area contributed by atoms with Crippen molar-refractivity contribution in [2.45, 2.75) is 19.6 Å². The predicted molar refractivity (Wildman–Crippen MR) is 63.1 cm³/mol. The Kier molecular flexibility index (Phi) is 3.25. The van der Waals surface area contributed by atoms with Crippen LogP contribution in [0.3, 0.4) is 0 Å². The fourth-order valence-corrected chi connectivity index (χ4v) is 1.99. The minimum atomic E-state index is -4.51. The van der Waals surface area contributed by atoms with Gasteiger partial charge in [-0.3, -0.25) is 4.57 Å². The Bertz CT molecular complexity index is 598. The quantitative estimate of drug-likeness (QED) is 0.782. The molecule has 0 aliphatic rings. The van der Waals surface area contributed by atoms with Gasteiger partial charge in [-0.15, -0.1) is 5.10 Å². The standard InChI is InChI=1S/C11H10F3N3S/c1-2-16-9(11(12,13)14)15-17(10(16)18)8-6-4-3-5-7-8/h3-7H,2H2,1H3. The van der Waals surface area contributed by atoms with E-state index in [0.717, 1.165) is 9.25 Å². The Morgan fingerprint density at radius 1 is 1.22 bits per heavy atom. The third-order valence-electron chi connectivity index (χ3n) is 2.43. The molecule has 3 nitrogen and oxygen atoms in total. The molecule has 18 heavy (non-hydrogen) atoms. The van der Waals surface area contributed by atoms with Gasteiger partial charge in [-0.1, -0.05) is 18.2 Å². The lowest BCUT2D eigenvalue weighted by Gasteiger charge is -2.05. The fourth-order valence-electron chi connectivity index (χ4n) is 1.63. The minimum absolute atomic E-state index is 0.0380. The number of nitrogens with zero attached hydrogens (tertiary/aromatic N) is 3. The molecule has 1 heterocycles. The van der Waals surface area contributed by atoms with Gasteiger partial charge in [0, 0.05) is 6.54 Å². The number of hydrogen-bond donors (Lipinski definition) is 0. The van der Waals surface area contributed by atoms with Crippen molar-refractivity contribution in [2.75, 3.05) is 0 Å². The van der Waals surface area contributed by atoms with E-state index in [1.165, 1.54) is 0 Å². The van der Waals surface area contributed by atoms with Gasteiger partial charge in [0.15, 0.2) is 0 Å². The second-order valence-electron chi connectivity index (χ2n) is 3.60. The Labute approximate surface area is 106 Å². The average Bonchev–Trinajstić information content (AvgIpc) is 2.67. The monoisotopic (exact) mass is 273 g/mol. The van der Waals surface area contributed by atoms with E-state index >= 15 is 0 Å². The number of alkyl halides is 3. The molecule has 0 fully saturated rings. The highest BCUT2D eigenvalue weighted by Crippen LogP contribution is 2.28. The van der Waals surface area contributed by atoms with Crippen LogP contribution in [-0.2, 0) is 12.7 Å². The molecule has 0 aliphatic heterocycles. The molecule has 1 aromatic carbocycles. The first-order valence-electron chi connectivity index (χ1n) is 5.27. The number of rotatable bonds is 2. The number of benzene rings is 1. The average molecular weight is 273 g/mol. The largest absolute Gasteiger partial charge is 0.451 e. The van der Waals surface area contributed by atoms with Crippen LogP contribution >= 0.6 is 12.2 Å². The highest BCUT2D eigenvalue weighted by molar-refractivity contribution is 7.71. The molecular weight excluding hydrogens is 263 g/mol. The van der Waals surface area contributed by atoms with Gasteiger partial charge in [0.2, 0.25) is 10.6 Å². The maximum atomic E-state index is 12.8. The van der Waals surface area contributed by atoms with Gasteiger partial charge < -0.3 is 0 Å². The van der Waals surface area contributed by atoms with Crippen molar-refractivity contribution >= 4 is 12.2 Å². The van der Waals surface area contributed by atoms with E-state index in [2.05, 4.69) is 5.10 Å². The van der Waals surface area contributed by atoms with Crippen molar-refractivity contribution in [1.29, 1.82) is 0 Å². The van der Waals surface area contributed by atoms with Gasteiger partial charge in [0.1, 0.15) is 0 Å². The molecule has 0 atom stereocenters. The normalized spacial score (nSPS) is 11.8. The smallest absolute Gasteiger partial charge is 0.296 e. The number of hydrogen-bond acceptors (Lipinski definition) is 2. The SMILES string of the molecule is CCn1c(C(F)(F)F)nn(-c2ccccc2)c1=S. The molecular formula is C11H10F3N3S. The van der Waals surface area contributed by atoms with E-state index in [1.54, 1.807) is 37.3 Å². The first kappa shape index (κ1) is 12.8. The van der Waals surface area contributed by atoms with Crippen LogP contribution in [0.4, 0.5) is 13.2 Å². The molecule has 96 valence electrons. The number of aromatic nitrogens is 3. The molecule has 0 N–H and O–H groups in total. The van der Waals surface area contributed by atoms with Crippen molar-refractivity contribution in [3.05, 3.63) is 40.9 Å². The highest BCUT2D eigenvalue weighted by Gasteiger charge is 2.38. The van der Waals surface area contributed by atoms with Crippen LogP contribution in [0.1, 0.15) is 12.7 Å². The van der Waals surface area contributed by atoms with Crippen LogP contribution < -0.4 is 0 Å². The molecule has 1 aromatic heterocycles. The second kappa shape index (κ2) is 4.56. The van der Waals surface area contributed by atoms with E-state index in [0.29, 0.717) is 5.69 Å². The van der Waals surface area contributed by atoms with E-state index in [1.807, 2.05) is 0 Å². The van der Waals surface area contributed by atoms with Crippen LogP contribution in [0.5, 0.6) is 0 Å². The molecule has 0 aliphatic carbocycles. The molecule has 0 saturated carbocycles. The van der Waals surface area contributed by atoms with E-state index in [9.17, 15) is 13.2 Å². The summed E-state index contributed by atoms with van der Waals surface area (Å²) < 4.78 is 40.5. The van der Waals surface area contributed by atoms with Crippen molar-refractivity contribution in [3.63, 3.8) is 0 Å². The maximum Gasteiger partial charge on any atom is 0.451 e. The Morgan fingerprint density at radius 2 is 1.83 bits per heavy atom. The van der Waals surface area contributed by atoms with Crippen LogP contribution in [0, 0.1) is 4.77 Å². The third kappa shape index (κ3) is 2.17.